The van der Waals surface area contributed by atoms with Gasteiger partial charge in [-0.2, -0.15) is 9.40 Å². The van der Waals surface area contributed by atoms with Gasteiger partial charge in [0.2, 0.25) is 10.0 Å². The first-order valence-electron chi connectivity index (χ1n) is 9.61. The van der Waals surface area contributed by atoms with Gasteiger partial charge in [0.25, 0.3) is 5.91 Å². The number of aromatic nitrogens is 2. The lowest BCUT2D eigenvalue weighted by Crippen LogP contribution is -2.29. The Hall–Kier alpha value is -2.68. The summed E-state index contributed by atoms with van der Waals surface area (Å²) < 4.78 is 28.9. The van der Waals surface area contributed by atoms with Crippen molar-refractivity contribution in [1.82, 2.24) is 14.1 Å². The minimum absolute atomic E-state index is 0.000725. The van der Waals surface area contributed by atoms with Gasteiger partial charge >= 0.3 is 0 Å². The van der Waals surface area contributed by atoms with Gasteiger partial charge in [0.1, 0.15) is 4.90 Å². The molecule has 1 N–H and O–H groups in total. The van der Waals surface area contributed by atoms with Gasteiger partial charge in [0.15, 0.2) is 6.04 Å². The van der Waals surface area contributed by atoms with E-state index >= 15 is 0 Å². The maximum absolute atomic E-state index is 13.1. The number of nitrogens with one attached hydrogen (secondary N) is 1. The Morgan fingerprint density at radius 2 is 1.80 bits per heavy atom. The summed E-state index contributed by atoms with van der Waals surface area (Å²) in [5.41, 5.74) is 1.12. The number of hydrogen-bond acceptors (Lipinski definition) is 4. The first-order valence-corrected chi connectivity index (χ1v) is 11.4. The summed E-state index contributed by atoms with van der Waals surface area (Å²) in [5.74, 6) is -0.336. The van der Waals surface area contributed by atoms with E-state index in [1.54, 1.807) is 29.2 Å². The SMILES string of the molecule is O=C(Nc1ccc(Cl)c(S(=O)(=O)N2CCCC2)c1)C(c1ccccc1)n1cccn1. The summed E-state index contributed by atoms with van der Waals surface area (Å²) in [7, 11) is -3.71. The molecule has 1 saturated heterocycles. The molecule has 1 aliphatic rings. The van der Waals surface area contributed by atoms with Crippen molar-refractivity contribution in [3.63, 3.8) is 0 Å². The topological polar surface area (TPSA) is 84.3 Å². The van der Waals surface area contributed by atoms with Crippen LogP contribution in [0.15, 0.2) is 71.9 Å². The lowest BCUT2D eigenvalue weighted by molar-refractivity contribution is -0.118. The van der Waals surface area contributed by atoms with Crippen LogP contribution in [0.5, 0.6) is 0 Å². The first kappa shape index (κ1) is 20.6. The van der Waals surface area contributed by atoms with Crippen molar-refractivity contribution in [1.29, 1.82) is 0 Å². The van der Waals surface area contributed by atoms with Crippen LogP contribution in [-0.2, 0) is 14.8 Å². The average molecular weight is 445 g/mol. The molecule has 2 heterocycles. The molecule has 9 heteroatoms. The second-order valence-electron chi connectivity index (χ2n) is 7.04. The third-order valence-corrected chi connectivity index (χ3v) is 7.41. The second-order valence-corrected chi connectivity index (χ2v) is 9.36. The molecular weight excluding hydrogens is 424 g/mol. The van der Waals surface area contributed by atoms with Gasteiger partial charge in [-0.25, -0.2) is 8.42 Å². The Morgan fingerprint density at radius 1 is 1.07 bits per heavy atom. The summed E-state index contributed by atoms with van der Waals surface area (Å²) in [5, 5.41) is 7.16. The van der Waals surface area contributed by atoms with Crippen LogP contribution in [0.2, 0.25) is 5.02 Å². The summed E-state index contributed by atoms with van der Waals surface area (Å²) >= 11 is 6.20. The Bertz CT molecular complexity index is 1130. The van der Waals surface area contributed by atoms with E-state index in [0.717, 1.165) is 18.4 Å². The largest absolute Gasteiger partial charge is 0.324 e. The molecule has 0 saturated carbocycles. The predicted octanol–water partition coefficient (Wildman–Crippen LogP) is 3.55. The Labute approximate surface area is 180 Å². The van der Waals surface area contributed by atoms with Crippen molar-refractivity contribution < 1.29 is 13.2 Å². The van der Waals surface area contributed by atoms with Crippen molar-refractivity contribution in [2.75, 3.05) is 18.4 Å². The zero-order valence-electron chi connectivity index (χ0n) is 16.1. The molecule has 1 fully saturated rings. The fraction of sp³-hybridized carbons (Fsp3) is 0.238. The maximum Gasteiger partial charge on any atom is 0.253 e. The third kappa shape index (κ3) is 4.12. The number of nitrogens with zero attached hydrogens (tertiary/aromatic N) is 3. The number of halogens is 1. The quantitative estimate of drug-likeness (QED) is 0.630. The summed E-state index contributed by atoms with van der Waals surface area (Å²) in [6.07, 6.45) is 4.97. The number of benzene rings is 2. The summed E-state index contributed by atoms with van der Waals surface area (Å²) in [4.78, 5) is 13.1. The number of carbonyl (C=O) groups excluding carboxylic acids is 1. The number of sulfonamides is 1. The van der Waals surface area contributed by atoms with Crippen LogP contribution in [0.3, 0.4) is 0 Å². The summed E-state index contributed by atoms with van der Waals surface area (Å²) in [6.45, 7) is 0.954. The highest BCUT2D eigenvalue weighted by molar-refractivity contribution is 7.89. The fourth-order valence-corrected chi connectivity index (χ4v) is 5.57. The maximum atomic E-state index is 13.1. The zero-order chi connectivity index (χ0) is 21.1. The highest BCUT2D eigenvalue weighted by Crippen LogP contribution is 2.30. The molecule has 7 nitrogen and oxygen atoms in total. The van der Waals surface area contributed by atoms with Crippen molar-refractivity contribution in [2.24, 2.45) is 0 Å². The molecule has 0 radical (unpaired) electrons. The molecule has 0 spiro atoms. The van der Waals surface area contributed by atoms with E-state index in [1.165, 1.54) is 16.4 Å². The highest BCUT2D eigenvalue weighted by atomic mass is 35.5. The molecule has 1 atom stereocenters. The monoisotopic (exact) mass is 444 g/mol. The van der Waals surface area contributed by atoms with Crippen molar-refractivity contribution in [2.45, 2.75) is 23.8 Å². The van der Waals surface area contributed by atoms with Crippen molar-refractivity contribution in [3.8, 4) is 0 Å². The van der Waals surface area contributed by atoms with Crippen LogP contribution in [-0.4, -0.2) is 41.5 Å². The molecule has 156 valence electrons. The average Bonchev–Trinajstić information content (AvgIpc) is 3.45. The number of anilines is 1. The van der Waals surface area contributed by atoms with E-state index in [4.69, 9.17) is 11.6 Å². The minimum atomic E-state index is -3.71. The number of hydrogen-bond donors (Lipinski definition) is 1. The minimum Gasteiger partial charge on any atom is -0.324 e. The lowest BCUT2D eigenvalue weighted by atomic mass is 10.1. The molecule has 4 rings (SSSR count). The van der Waals surface area contributed by atoms with Crippen LogP contribution >= 0.6 is 11.6 Å². The van der Waals surface area contributed by atoms with Crippen LogP contribution in [0.4, 0.5) is 5.69 Å². The Morgan fingerprint density at radius 3 is 2.47 bits per heavy atom. The number of amides is 1. The molecule has 30 heavy (non-hydrogen) atoms. The van der Waals surface area contributed by atoms with Gasteiger partial charge in [-0.15, -0.1) is 0 Å². The van der Waals surface area contributed by atoms with E-state index in [9.17, 15) is 13.2 Å². The molecule has 2 aromatic carbocycles. The van der Waals surface area contributed by atoms with Gasteiger partial charge in [0.05, 0.1) is 5.02 Å². The van der Waals surface area contributed by atoms with Gasteiger partial charge in [-0.3, -0.25) is 9.48 Å². The predicted molar refractivity (Wildman–Crippen MR) is 115 cm³/mol. The van der Waals surface area contributed by atoms with E-state index in [-0.39, 0.29) is 15.8 Å². The lowest BCUT2D eigenvalue weighted by Gasteiger charge is -2.19. The van der Waals surface area contributed by atoms with Gasteiger partial charge < -0.3 is 5.32 Å². The van der Waals surface area contributed by atoms with Crippen LogP contribution in [0.25, 0.3) is 0 Å². The highest BCUT2D eigenvalue weighted by Gasteiger charge is 2.30. The molecule has 1 unspecified atom stereocenters. The number of carbonyl (C=O) groups is 1. The summed E-state index contributed by atoms with van der Waals surface area (Å²) in [6, 6.07) is 14.8. The molecular formula is C21H21ClN4O3S. The van der Waals surface area contributed by atoms with Crippen molar-refractivity contribution >= 4 is 33.2 Å². The Kier molecular flexibility index (Phi) is 5.90. The molecule has 3 aromatic rings. The molecule has 1 aliphatic heterocycles. The molecule has 1 amide bonds. The standard InChI is InChI=1S/C21H21ClN4O3S/c22-18-10-9-17(15-19(18)30(28,29)25-12-4-5-13-25)24-21(27)20(26-14-6-11-23-26)16-7-2-1-3-8-16/h1-3,6-11,14-15,20H,4-5,12-13H2,(H,24,27). The van der Waals surface area contributed by atoms with E-state index in [2.05, 4.69) is 10.4 Å². The van der Waals surface area contributed by atoms with Crippen LogP contribution < -0.4 is 5.32 Å². The first-order chi connectivity index (χ1) is 14.5. The van der Waals surface area contributed by atoms with Gasteiger partial charge in [0, 0.05) is 31.2 Å². The molecule has 0 aliphatic carbocycles. The number of rotatable bonds is 6. The zero-order valence-corrected chi connectivity index (χ0v) is 17.7. The third-order valence-electron chi connectivity index (χ3n) is 5.03. The normalized spacial score (nSPS) is 15.8. The van der Waals surface area contributed by atoms with Crippen LogP contribution in [0.1, 0.15) is 24.4 Å². The van der Waals surface area contributed by atoms with Crippen LogP contribution in [0, 0.1) is 0 Å². The Balaban J connectivity index is 1.64. The van der Waals surface area contributed by atoms with E-state index < -0.39 is 16.1 Å². The fourth-order valence-electron chi connectivity index (χ4n) is 3.55. The smallest absolute Gasteiger partial charge is 0.253 e. The molecule has 0 bridgehead atoms. The van der Waals surface area contributed by atoms with Gasteiger partial charge in [-0.1, -0.05) is 41.9 Å². The van der Waals surface area contributed by atoms with Gasteiger partial charge in [-0.05, 0) is 42.7 Å². The molecule has 1 aromatic heterocycles. The van der Waals surface area contributed by atoms with E-state index in [0.29, 0.717) is 18.8 Å². The second kappa shape index (κ2) is 8.59. The van der Waals surface area contributed by atoms with Crippen molar-refractivity contribution in [3.05, 3.63) is 77.6 Å². The van der Waals surface area contributed by atoms with E-state index in [1.807, 2.05) is 30.3 Å².